The summed E-state index contributed by atoms with van der Waals surface area (Å²) in [4.78, 5) is 23.8. The van der Waals surface area contributed by atoms with Crippen molar-refractivity contribution in [3.63, 3.8) is 0 Å². The van der Waals surface area contributed by atoms with Gasteiger partial charge in [-0.25, -0.2) is 4.98 Å². The molecular formula is C23H27N5O. The fourth-order valence-electron chi connectivity index (χ4n) is 3.90. The van der Waals surface area contributed by atoms with Gasteiger partial charge >= 0.3 is 0 Å². The molecule has 1 heterocycles. The van der Waals surface area contributed by atoms with E-state index in [0.29, 0.717) is 36.0 Å². The minimum absolute atomic E-state index is 0.0634. The van der Waals surface area contributed by atoms with Gasteiger partial charge in [-0.05, 0) is 61.6 Å². The Morgan fingerprint density at radius 1 is 1.10 bits per heavy atom. The van der Waals surface area contributed by atoms with Crippen LogP contribution in [0.4, 0.5) is 11.8 Å². The molecule has 1 fully saturated rings. The zero-order chi connectivity index (χ0) is 20.2. The molecule has 1 aliphatic rings. The van der Waals surface area contributed by atoms with E-state index in [9.17, 15) is 4.79 Å². The molecule has 0 spiro atoms. The Hall–Kier alpha value is -2.99. The lowest BCUT2D eigenvalue weighted by Crippen LogP contribution is -2.34. The fourth-order valence-corrected chi connectivity index (χ4v) is 3.90. The summed E-state index contributed by atoms with van der Waals surface area (Å²) in [5.74, 6) is 1.11. The third-order valence-corrected chi connectivity index (χ3v) is 5.58. The van der Waals surface area contributed by atoms with Gasteiger partial charge in [-0.15, -0.1) is 0 Å². The third kappa shape index (κ3) is 4.38. The molecule has 0 radical (unpaired) electrons. The number of nitrogens with two attached hydrogens (primary N) is 1. The summed E-state index contributed by atoms with van der Waals surface area (Å²) < 4.78 is 0. The second kappa shape index (κ2) is 8.57. The van der Waals surface area contributed by atoms with Gasteiger partial charge < -0.3 is 11.1 Å². The van der Waals surface area contributed by atoms with Gasteiger partial charge in [-0.1, -0.05) is 30.3 Å². The molecule has 150 valence electrons. The van der Waals surface area contributed by atoms with Crippen LogP contribution in [0.2, 0.25) is 0 Å². The fraction of sp³-hybridized carbons (Fsp3) is 0.348. The summed E-state index contributed by atoms with van der Waals surface area (Å²) in [6, 6.07) is 16.2. The zero-order valence-corrected chi connectivity index (χ0v) is 16.7. The highest BCUT2D eigenvalue weighted by Gasteiger charge is 2.21. The van der Waals surface area contributed by atoms with E-state index in [1.165, 1.54) is 0 Å². The van der Waals surface area contributed by atoms with Crippen LogP contribution < -0.4 is 16.0 Å². The molecule has 4 rings (SSSR count). The first kappa shape index (κ1) is 19.3. The Balaban J connectivity index is 1.54. The number of hydrogen-bond acceptors (Lipinski definition) is 5. The molecule has 6 nitrogen and oxygen atoms in total. The number of carbonyl (C=O) groups is 1. The lowest BCUT2D eigenvalue weighted by molar-refractivity contribution is 0.0987. The van der Waals surface area contributed by atoms with Crippen LogP contribution in [0.3, 0.4) is 0 Å². The smallest absolute Gasteiger partial charge is 0.259 e. The normalized spacial score (nSPS) is 19.1. The Bertz CT molecular complexity index is 997. The van der Waals surface area contributed by atoms with Crippen LogP contribution in [0.5, 0.6) is 0 Å². The van der Waals surface area contributed by atoms with Crippen molar-refractivity contribution in [1.82, 2.24) is 9.97 Å². The molecule has 2 aromatic carbocycles. The van der Waals surface area contributed by atoms with Gasteiger partial charge in [0.2, 0.25) is 5.95 Å². The van der Waals surface area contributed by atoms with E-state index in [1.54, 1.807) is 17.2 Å². The number of aromatic nitrogens is 2. The first-order valence-electron chi connectivity index (χ1n) is 10.3. The monoisotopic (exact) mass is 389 g/mol. The molecule has 1 saturated carbocycles. The molecule has 0 saturated heterocycles. The molecule has 6 heteroatoms. The van der Waals surface area contributed by atoms with Gasteiger partial charge in [0.25, 0.3) is 5.91 Å². The quantitative estimate of drug-likeness (QED) is 0.690. The van der Waals surface area contributed by atoms with Gasteiger partial charge in [-0.2, -0.15) is 4.98 Å². The van der Waals surface area contributed by atoms with Crippen LogP contribution in [-0.2, 0) is 0 Å². The maximum Gasteiger partial charge on any atom is 0.259 e. The van der Waals surface area contributed by atoms with Crippen LogP contribution in [-0.4, -0.2) is 34.5 Å². The van der Waals surface area contributed by atoms with Crippen molar-refractivity contribution in [2.75, 3.05) is 16.8 Å². The maximum atomic E-state index is 13.2. The number of nitrogens with zero attached hydrogens (tertiary/aromatic N) is 3. The van der Waals surface area contributed by atoms with Crippen molar-refractivity contribution >= 4 is 28.4 Å². The van der Waals surface area contributed by atoms with Crippen LogP contribution >= 0.6 is 0 Å². The Kier molecular flexibility index (Phi) is 5.71. The predicted molar refractivity (Wildman–Crippen MR) is 117 cm³/mol. The average molecular weight is 390 g/mol. The minimum Gasteiger partial charge on any atom is -0.351 e. The lowest BCUT2D eigenvalue weighted by Gasteiger charge is -2.27. The van der Waals surface area contributed by atoms with Crippen LogP contribution in [0, 0.1) is 0 Å². The van der Waals surface area contributed by atoms with Gasteiger partial charge in [0.05, 0.1) is 0 Å². The lowest BCUT2D eigenvalue weighted by atomic mass is 9.92. The molecular weight excluding hydrogens is 362 g/mol. The summed E-state index contributed by atoms with van der Waals surface area (Å²) >= 11 is 0. The van der Waals surface area contributed by atoms with Crippen molar-refractivity contribution in [3.05, 3.63) is 60.3 Å². The molecule has 29 heavy (non-hydrogen) atoms. The van der Waals surface area contributed by atoms with E-state index in [1.807, 2.05) is 49.4 Å². The van der Waals surface area contributed by atoms with E-state index < -0.39 is 0 Å². The molecule has 0 unspecified atom stereocenters. The van der Waals surface area contributed by atoms with Crippen LogP contribution in [0.25, 0.3) is 10.8 Å². The highest BCUT2D eigenvalue weighted by molar-refractivity contribution is 6.07. The molecule has 0 bridgehead atoms. The number of anilines is 2. The first-order valence-corrected chi connectivity index (χ1v) is 10.3. The van der Waals surface area contributed by atoms with Gasteiger partial charge in [0, 0.05) is 30.4 Å². The topological polar surface area (TPSA) is 84.1 Å². The number of rotatable bonds is 5. The summed E-state index contributed by atoms with van der Waals surface area (Å²) in [5.41, 5.74) is 6.64. The van der Waals surface area contributed by atoms with E-state index in [4.69, 9.17) is 5.73 Å². The highest BCUT2D eigenvalue weighted by atomic mass is 16.2. The number of carbonyl (C=O) groups excluding carboxylic acids is 1. The molecule has 3 aromatic rings. The summed E-state index contributed by atoms with van der Waals surface area (Å²) in [6.07, 6.45) is 5.76. The number of fused-ring (bicyclic) bond motifs is 1. The van der Waals surface area contributed by atoms with Crippen molar-refractivity contribution in [2.24, 2.45) is 5.73 Å². The SMILES string of the molecule is CCN(C(=O)c1ccc2ccccc2c1)c1ccnc(NC2CCC(N)CC2)n1. The number of benzene rings is 2. The average Bonchev–Trinajstić information content (AvgIpc) is 2.76. The molecule has 3 N–H and O–H groups in total. The second-order valence-electron chi connectivity index (χ2n) is 7.61. The summed E-state index contributed by atoms with van der Waals surface area (Å²) in [6.45, 7) is 2.48. The van der Waals surface area contributed by atoms with Crippen LogP contribution in [0.1, 0.15) is 43.0 Å². The van der Waals surface area contributed by atoms with E-state index in [0.717, 1.165) is 36.5 Å². The van der Waals surface area contributed by atoms with E-state index in [2.05, 4.69) is 15.3 Å². The molecule has 0 atom stereocenters. The Morgan fingerprint density at radius 2 is 1.86 bits per heavy atom. The molecule has 0 aliphatic heterocycles. The molecule has 1 amide bonds. The van der Waals surface area contributed by atoms with Gasteiger partial charge in [0.15, 0.2) is 0 Å². The largest absolute Gasteiger partial charge is 0.351 e. The summed E-state index contributed by atoms with van der Waals surface area (Å²) in [7, 11) is 0. The minimum atomic E-state index is -0.0634. The predicted octanol–water partition coefficient (Wildman–Crippen LogP) is 3.98. The molecule has 1 aromatic heterocycles. The van der Waals surface area contributed by atoms with Gasteiger partial charge in [-0.3, -0.25) is 9.69 Å². The maximum absolute atomic E-state index is 13.2. The first-order chi connectivity index (χ1) is 14.1. The van der Waals surface area contributed by atoms with E-state index in [-0.39, 0.29) is 5.91 Å². The number of hydrogen-bond donors (Lipinski definition) is 2. The standard InChI is InChI=1S/C23H27N5O/c1-2-28(22(29)18-8-7-16-5-3-4-6-17(16)15-18)21-13-14-25-23(27-21)26-20-11-9-19(24)10-12-20/h3-8,13-15,19-20H,2,9-12,24H2,1H3,(H,25,26,27). The third-order valence-electron chi connectivity index (χ3n) is 5.58. The van der Waals surface area contributed by atoms with Crippen molar-refractivity contribution in [3.8, 4) is 0 Å². The Labute approximate surface area is 171 Å². The second-order valence-corrected chi connectivity index (χ2v) is 7.61. The zero-order valence-electron chi connectivity index (χ0n) is 16.7. The molecule has 1 aliphatic carbocycles. The van der Waals surface area contributed by atoms with Crippen molar-refractivity contribution < 1.29 is 4.79 Å². The van der Waals surface area contributed by atoms with E-state index >= 15 is 0 Å². The number of nitrogens with one attached hydrogen (secondary N) is 1. The van der Waals surface area contributed by atoms with Crippen molar-refractivity contribution in [2.45, 2.75) is 44.7 Å². The van der Waals surface area contributed by atoms with Gasteiger partial charge in [0.1, 0.15) is 5.82 Å². The summed E-state index contributed by atoms with van der Waals surface area (Å²) in [5, 5.41) is 5.58. The van der Waals surface area contributed by atoms with Crippen LogP contribution in [0.15, 0.2) is 54.7 Å². The highest BCUT2D eigenvalue weighted by Crippen LogP contribution is 2.22. The van der Waals surface area contributed by atoms with Crippen molar-refractivity contribution in [1.29, 1.82) is 0 Å². The Morgan fingerprint density at radius 3 is 2.62 bits per heavy atom. The number of amides is 1.